The van der Waals surface area contributed by atoms with E-state index in [1.165, 1.54) is 0 Å². The van der Waals surface area contributed by atoms with E-state index in [0.29, 0.717) is 15.4 Å². The molecule has 0 saturated heterocycles. The number of amides is 1. The first kappa shape index (κ1) is 20.2. The summed E-state index contributed by atoms with van der Waals surface area (Å²) in [6.07, 6.45) is -5.65. The van der Waals surface area contributed by atoms with Crippen LogP contribution in [0.1, 0.15) is 26.5 Å². The molecule has 1 heterocycles. The van der Waals surface area contributed by atoms with Crippen LogP contribution in [-0.2, 0) is 6.54 Å². The molecule has 0 fully saturated rings. The van der Waals surface area contributed by atoms with Crippen molar-refractivity contribution in [1.29, 1.82) is 0 Å². The van der Waals surface area contributed by atoms with Crippen LogP contribution in [0.15, 0.2) is 28.7 Å². The van der Waals surface area contributed by atoms with E-state index in [1.807, 2.05) is 0 Å². The van der Waals surface area contributed by atoms with Crippen LogP contribution in [0.5, 0.6) is 0 Å². The van der Waals surface area contributed by atoms with Gasteiger partial charge < -0.3 is 15.0 Å². The highest BCUT2D eigenvalue weighted by atomic mass is 79.9. The van der Waals surface area contributed by atoms with Crippen molar-refractivity contribution in [3.05, 3.63) is 34.4 Å². The maximum absolute atomic E-state index is 13.0. The number of carboxylic acid groups (broad SMARTS) is 1. The van der Waals surface area contributed by atoms with Gasteiger partial charge in [0.2, 0.25) is 0 Å². The summed E-state index contributed by atoms with van der Waals surface area (Å²) in [5.74, 6) is 5.50. The normalized spacial score (nSPS) is 13.2. The first-order chi connectivity index (χ1) is 11.9. The van der Waals surface area contributed by atoms with Crippen LogP contribution in [0.4, 0.5) is 18.0 Å². The van der Waals surface area contributed by atoms with Gasteiger partial charge in [-0.2, -0.15) is 13.2 Å². The topological polar surface area (TPSA) is 54.3 Å². The summed E-state index contributed by atoms with van der Waals surface area (Å²) in [5.41, 5.74) is 0.0532. The Hall–Kier alpha value is -2.14. The molecule has 8 heteroatoms. The minimum atomic E-state index is -4.41. The van der Waals surface area contributed by atoms with E-state index in [0.717, 1.165) is 4.57 Å². The molecule has 1 aromatic heterocycles. The maximum atomic E-state index is 13.0. The number of fused-ring (bicyclic) bond motifs is 1. The predicted octanol–water partition coefficient (Wildman–Crippen LogP) is 5.00. The second-order valence-electron chi connectivity index (χ2n) is 6.92. The van der Waals surface area contributed by atoms with Crippen LogP contribution in [0.25, 0.3) is 10.9 Å². The quantitative estimate of drug-likeness (QED) is 0.658. The van der Waals surface area contributed by atoms with Gasteiger partial charge in [0.1, 0.15) is 6.54 Å². The molecule has 4 nitrogen and oxygen atoms in total. The highest BCUT2D eigenvalue weighted by Gasteiger charge is 2.30. The van der Waals surface area contributed by atoms with Crippen LogP contribution >= 0.6 is 15.9 Å². The van der Waals surface area contributed by atoms with Gasteiger partial charge in [-0.05, 0) is 29.5 Å². The van der Waals surface area contributed by atoms with Crippen LogP contribution in [-0.4, -0.2) is 28.0 Å². The SMILES string of the molecule is CC(C)(C)C(C#Cc1cc2c(Br)cccc2n1CC(F)(F)F)NC(=O)O. The lowest BCUT2D eigenvalue weighted by Gasteiger charge is -2.25. The largest absolute Gasteiger partial charge is 0.465 e. The average molecular weight is 431 g/mol. The molecule has 0 aliphatic carbocycles. The second-order valence-corrected chi connectivity index (χ2v) is 7.78. The van der Waals surface area contributed by atoms with Gasteiger partial charge in [-0.15, -0.1) is 0 Å². The molecular formula is C18H18BrF3N2O2. The smallest absolute Gasteiger partial charge is 0.406 e. The monoisotopic (exact) mass is 430 g/mol. The van der Waals surface area contributed by atoms with Crippen molar-refractivity contribution >= 4 is 32.9 Å². The minimum absolute atomic E-state index is 0.172. The van der Waals surface area contributed by atoms with Gasteiger partial charge in [0.05, 0.1) is 17.3 Å². The minimum Gasteiger partial charge on any atom is -0.465 e. The molecule has 2 aromatic rings. The molecule has 2 N–H and O–H groups in total. The number of hydrogen-bond acceptors (Lipinski definition) is 1. The van der Waals surface area contributed by atoms with Crippen LogP contribution < -0.4 is 5.32 Å². The van der Waals surface area contributed by atoms with E-state index in [9.17, 15) is 18.0 Å². The Bertz CT molecular complexity index is 886. The standard InChI is InChI=1S/C18H18BrF3N2O2/c1-17(2,3)15(23-16(25)26)8-7-11-9-12-13(19)5-4-6-14(12)24(11)10-18(20,21)22/h4-6,9,15,23H,10H2,1-3H3,(H,25,26). The zero-order valence-electron chi connectivity index (χ0n) is 14.4. The van der Waals surface area contributed by atoms with Gasteiger partial charge in [-0.1, -0.05) is 48.7 Å². The Morgan fingerprint density at radius 2 is 2.00 bits per heavy atom. The molecule has 2 rings (SSSR count). The van der Waals surface area contributed by atoms with E-state index in [1.54, 1.807) is 45.0 Å². The molecule has 0 spiro atoms. The van der Waals surface area contributed by atoms with Crippen LogP contribution in [0.2, 0.25) is 0 Å². The lowest BCUT2D eigenvalue weighted by atomic mass is 9.87. The van der Waals surface area contributed by atoms with Gasteiger partial charge in [0.25, 0.3) is 0 Å². The highest BCUT2D eigenvalue weighted by molar-refractivity contribution is 9.10. The lowest BCUT2D eigenvalue weighted by molar-refractivity contribution is -0.140. The third kappa shape index (κ3) is 4.94. The van der Waals surface area contributed by atoms with Gasteiger partial charge in [0.15, 0.2) is 0 Å². The second kappa shape index (κ2) is 7.23. The third-order valence-electron chi connectivity index (χ3n) is 3.71. The van der Waals surface area contributed by atoms with Crippen molar-refractivity contribution in [2.24, 2.45) is 5.41 Å². The maximum Gasteiger partial charge on any atom is 0.406 e. The number of aromatic nitrogens is 1. The van der Waals surface area contributed by atoms with Crippen molar-refractivity contribution in [3.63, 3.8) is 0 Å². The molecule has 0 aliphatic heterocycles. The molecule has 0 aliphatic rings. The number of hydrogen-bond donors (Lipinski definition) is 2. The fourth-order valence-corrected chi connectivity index (χ4v) is 2.91. The fourth-order valence-electron chi connectivity index (χ4n) is 2.44. The molecule has 26 heavy (non-hydrogen) atoms. The fraction of sp³-hybridized carbons (Fsp3) is 0.389. The Labute approximate surface area is 157 Å². The predicted molar refractivity (Wildman–Crippen MR) is 97.0 cm³/mol. The summed E-state index contributed by atoms with van der Waals surface area (Å²) in [5, 5.41) is 11.9. The summed E-state index contributed by atoms with van der Waals surface area (Å²) in [7, 11) is 0. The Morgan fingerprint density at radius 1 is 1.35 bits per heavy atom. The van der Waals surface area contributed by atoms with Gasteiger partial charge in [0, 0.05) is 9.86 Å². The van der Waals surface area contributed by atoms with Crippen molar-refractivity contribution in [1.82, 2.24) is 9.88 Å². The molecular weight excluding hydrogens is 413 g/mol. The Balaban J connectivity index is 2.57. The molecule has 0 saturated carbocycles. The number of rotatable bonds is 2. The summed E-state index contributed by atoms with van der Waals surface area (Å²) in [4.78, 5) is 11.0. The molecule has 1 amide bonds. The van der Waals surface area contributed by atoms with E-state index in [-0.39, 0.29) is 5.69 Å². The molecule has 140 valence electrons. The van der Waals surface area contributed by atoms with Crippen molar-refractivity contribution in [3.8, 4) is 11.8 Å². The highest BCUT2D eigenvalue weighted by Crippen LogP contribution is 2.30. The number of halogens is 4. The first-order valence-corrected chi connectivity index (χ1v) is 8.53. The van der Waals surface area contributed by atoms with E-state index < -0.39 is 30.3 Å². The summed E-state index contributed by atoms with van der Waals surface area (Å²) < 4.78 is 40.8. The number of alkyl halides is 3. The number of carbonyl (C=O) groups is 1. The molecule has 0 bridgehead atoms. The van der Waals surface area contributed by atoms with Crippen LogP contribution in [0.3, 0.4) is 0 Å². The number of nitrogens with one attached hydrogen (secondary N) is 1. The molecule has 1 aromatic carbocycles. The summed E-state index contributed by atoms with van der Waals surface area (Å²) >= 11 is 3.34. The van der Waals surface area contributed by atoms with E-state index in [2.05, 4.69) is 33.1 Å². The zero-order chi connectivity index (χ0) is 19.7. The lowest BCUT2D eigenvalue weighted by Crippen LogP contribution is -2.42. The average Bonchev–Trinajstić information content (AvgIpc) is 2.80. The van der Waals surface area contributed by atoms with Gasteiger partial charge >= 0.3 is 12.3 Å². The Kier molecular flexibility index (Phi) is 5.61. The molecule has 1 atom stereocenters. The van der Waals surface area contributed by atoms with Crippen LogP contribution in [0, 0.1) is 17.3 Å². The number of benzene rings is 1. The number of nitrogens with zero attached hydrogens (tertiary/aromatic N) is 1. The van der Waals surface area contributed by atoms with Crippen molar-refractivity contribution in [2.75, 3.05) is 0 Å². The van der Waals surface area contributed by atoms with Crippen molar-refractivity contribution in [2.45, 2.75) is 39.5 Å². The summed E-state index contributed by atoms with van der Waals surface area (Å²) in [6.45, 7) is 4.21. The molecule has 1 unspecified atom stereocenters. The van der Waals surface area contributed by atoms with Crippen molar-refractivity contribution < 1.29 is 23.1 Å². The van der Waals surface area contributed by atoms with E-state index >= 15 is 0 Å². The first-order valence-electron chi connectivity index (χ1n) is 7.74. The van der Waals surface area contributed by atoms with E-state index in [4.69, 9.17) is 5.11 Å². The molecule has 0 radical (unpaired) electrons. The Morgan fingerprint density at radius 3 is 2.54 bits per heavy atom. The zero-order valence-corrected chi connectivity index (χ0v) is 16.0. The third-order valence-corrected chi connectivity index (χ3v) is 4.40. The summed E-state index contributed by atoms with van der Waals surface area (Å²) in [6, 6.07) is 5.81. The van der Waals surface area contributed by atoms with Gasteiger partial charge in [-0.3, -0.25) is 0 Å². The van der Waals surface area contributed by atoms with Gasteiger partial charge in [-0.25, -0.2) is 4.79 Å².